The first kappa shape index (κ1) is 16.6. The van der Waals surface area contributed by atoms with Gasteiger partial charge in [0.1, 0.15) is 19.8 Å². The van der Waals surface area contributed by atoms with Crippen molar-refractivity contribution in [1.29, 1.82) is 0 Å². The minimum Gasteiger partial charge on any atom is -0.497 e. The smallest absolute Gasteiger partial charge is 0.327 e. The van der Waals surface area contributed by atoms with E-state index in [2.05, 4.69) is 13.2 Å². The molecule has 0 aromatic heterocycles. The molecular weight excluding hydrogens is 272 g/mol. The molecule has 0 saturated carbocycles. The molecule has 1 fully saturated rings. The predicted molar refractivity (Wildman–Crippen MR) is 79.3 cm³/mol. The predicted octanol–water partition coefficient (Wildman–Crippen LogP) is 1.68. The van der Waals surface area contributed by atoms with E-state index in [1.54, 1.807) is 24.3 Å². The van der Waals surface area contributed by atoms with Gasteiger partial charge in [0.05, 0.1) is 19.1 Å². The van der Waals surface area contributed by atoms with Crippen LogP contribution in [0.15, 0.2) is 50.0 Å². The molecule has 3 amide bonds. The van der Waals surface area contributed by atoms with Gasteiger partial charge in [0, 0.05) is 6.54 Å². The molecule has 0 atom stereocenters. The van der Waals surface area contributed by atoms with Crippen molar-refractivity contribution in [2.45, 2.75) is 0 Å². The lowest BCUT2D eigenvalue weighted by Gasteiger charge is -2.13. The maximum absolute atomic E-state index is 12.0. The van der Waals surface area contributed by atoms with Gasteiger partial charge in [-0.15, -0.1) is 0 Å². The highest BCUT2D eigenvalue weighted by Gasteiger charge is 2.34. The van der Waals surface area contributed by atoms with Crippen LogP contribution in [0.25, 0.3) is 0 Å². The van der Waals surface area contributed by atoms with E-state index < -0.39 is 0 Å². The number of hydrogen-bond donors (Lipinski definition) is 0. The Morgan fingerprint density at radius 2 is 1.57 bits per heavy atom. The quantitative estimate of drug-likeness (QED) is 0.266. The maximum atomic E-state index is 12.0. The normalized spacial score (nSPS) is 15.2. The van der Waals surface area contributed by atoms with Crippen LogP contribution < -0.4 is 0 Å². The van der Waals surface area contributed by atoms with E-state index in [0.717, 1.165) is 0 Å². The highest BCUT2D eigenvalue weighted by molar-refractivity contribution is 6.02. The van der Waals surface area contributed by atoms with Crippen molar-refractivity contribution >= 4 is 11.9 Å². The molecule has 1 saturated heterocycles. The lowest BCUT2D eigenvalue weighted by atomic mass is 10.5. The summed E-state index contributed by atoms with van der Waals surface area (Å²) >= 11 is 0. The van der Waals surface area contributed by atoms with Crippen molar-refractivity contribution in [3.63, 3.8) is 0 Å². The number of imide groups is 1. The topological polar surface area (TPSA) is 59.1 Å². The van der Waals surface area contributed by atoms with Crippen molar-refractivity contribution in [1.82, 2.24) is 9.80 Å². The van der Waals surface area contributed by atoms with Gasteiger partial charge in [-0.3, -0.25) is 9.69 Å². The van der Waals surface area contributed by atoms with Gasteiger partial charge in [-0.25, -0.2) is 4.79 Å². The monoisotopic (exact) mass is 292 g/mol. The highest BCUT2D eigenvalue weighted by Crippen LogP contribution is 2.10. The van der Waals surface area contributed by atoms with Crippen LogP contribution in [-0.4, -0.2) is 54.6 Å². The molecule has 6 heteroatoms. The number of ether oxygens (including phenoxy) is 2. The fourth-order valence-electron chi connectivity index (χ4n) is 1.62. The van der Waals surface area contributed by atoms with Gasteiger partial charge < -0.3 is 14.4 Å². The number of amides is 3. The summed E-state index contributed by atoms with van der Waals surface area (Å²) in [7, 11) is 0. The summed E-state index contributed by atoms with van der Waals surface area (Å²) in [6, 6.07) is -0.318. The zero-order valence-corrected chi connectivity index (χ0v) is 11.9. The number of urea groups is 1. The van der Waals surface area contributed by atoms with E-state index in [0.29, 0.717) is 19.8 Å². The van der Waals surface area contributed by atoms with Crippen molar-refractivity contribution < 1.29 is 19.1 Å². The Morgan fingerprint density at radius 3 is 2.14 bits per heavy atom. The molecule has 21 heavy (non-hydrogen) atoms. The number of nitrogens with zero attached hydrogens (tertiary/aromatic N) is 2. The number of rotatable bonds is 10. The third kappa shape index (κ3) is 5.56. The molecular formula is C15H20N2O4. The van der Waals surface area contributed by atoms with Gasteiger partial charge >= 0.3 is 6.03 Å². The SMILES string of the molecule is C=CCOC=CCN1CC(=O)N(CC=COCC=C)C1=O. The van der Waals surface area contributed by atoms with E-state index >= 15 is 0 Å². The number of carbonyl (C=O) groups excluding carboxylic acids is 2. The van der Waals surface area contributed by atoms with E-state index in [4.69, 9.17) is 9.47 Å². The Hall–Kier alpha value is -2.50. The van der Waals surface area contributed by atoms with Crippen LogP contribution in [0.2, 0.25) is 0 Å². The van der Waals surface area contributed by atoms with Crippen LogP contribution in [0.3, 0.4) is 0 Å². The molecule has 6 nitrogen and oxygen atoms in total. The van der Waals surface area contributed by atoms with Gasteiger partial charge in [-0.1, -0.05) is 25.3 Å². The zero-order chi connectivity index (χ0) is 15.5. The Bertz CT molecular complexity index is 443. The Kier molecular flexibility index (Phi) is 7.42. The number of hydrogen-bond acceptors (Lipinski definition) is 4. The second-order valence-corrected chi connectivity index (χ2v) is 4.16. The molecule has 0 unspecified atom stereocenters. The maximum Gasteiger partial charge on any atom is 0.327 e. The lowest BCUT2D eigenvalue weighted by molar-refractivity contribution is -0.124. The van der Waals surface area contributed by atoms with Crippen LogP contribution in [0.5, 0.6) is 0 Å². The molecule has 0 aromatic rings. The van der Waals surface area contributed by atoms with Gasteiger partial charge in [0.2, 0.25) is 0 Å². The van der Waals surface area contributed by atoms with Crippen LogP contribution >= 0.6 is 0 Å². The Labute approximate surface area is 124 Å². The van der Waals surface area contributed by atoms with Crippen LogP contribution in [0, 0.1) is 0 Å². The molecule has 1 aliphatic rings. The summed E-state index contributed by atoms with van der Waals surface area (Å²) in [6.07, 6.45) is 9.47. The molecule has 1 heterocycles. The summed E-state index contributed by atoms with van der Waals surface area (Å²) in [6.45, 7) is 8.43. The fourth-order valence-corrected chi connectivity index (χ4v) is 1.62. The van der Waals surface area contributed by atoms with Gasteiger partial charge in [-0.05, 0) is 12.2 Å². The van der Waals surface area contributed by atoms with Crippen molar-refractivity contribution in [2.75, 3.05) is 32.8 Å². The third-order valence-electron chi connectivity index (χ3n) is 2.56. The first-order chi connectivity index (χ1) is 10.2. The second kappa shape index (κ2) is 9.41. The van der Waals surface area contributed by atoms with Gasteiger partial charge in [-0.2, -0.15) is 0 Å². The van der Waals surface area contributed by atoms with Crippen molar-refractivity contribution in [3.05, 3.63) is 50.0 Å². The van der Waals surface area contributed by atoms with Gasteiger partial charge in [0.25, 0.3) is 5.91 Å². The zero-order valence-electron chi connectivity index (χ0n) is 11.9. The molecule has 0 bridgehead atoms. The first-order valence-electron chi connectivity index (χ1n) is 6.55. The molecule has 0 N–H and O–H groups in total. The molecule has 114 valence electrons. The summed E-state index contributed by atoms with van der Waals surface area (Å²) in [5.74, 6) is -0.228. The summed E-state index contributed by atoms with van der Waals surface area (Å²) in [4.78, 5) is 26.4. The van der Waals surface area contributed by atoms with E-state index in [-0.39, 0.29) is 25.0 Å². The molecule has 1 aliphatic heterocycles. The number of carbonyl (C=O) groups is 2. The van der Waals surface area contributed by atoms with Crippen LogP contribution in [0.4, 0.5) is 4.79 Å². The standard InChI is InChI=1S/C15H20N2O4/c1-3-9-20-11-5-7-16-13-14(18)17(15(16)19)8-6-12-21-10-4-2/h3-6,11-12H,1-2,7-10,13H2. The van der Waals surface area contributed by atoms with Crippen molar-refractivity contribution in [3.8, 4) is 0 Å². The second-order valence-electron chi connectivity index (χ2n) is 4.16. The average molecular weight is 292 g/mol. The highest BCUT2D eigenvalue weighted by atomic mass is 16.5. The van der Waals surface area contributed by atoms with Gasteiger partial charge in [0.15, 0.2) is 0 Å². The Morgan fingerprint density at radius 1 is 1.00 bits per heavy atom. The van der Waals surface area contributed by atoms with E-state index in [1.165, 1.54) is 22.3 Å². The third-order valence-corrected chi connectivity index (χ3v) is 2.56. The summed E-state index contributed by atoms with van der Waals surface area (Å²) in [5, 5.41) is 0. The van der Waals surface area contributed by atoms with Crippen LogP contribution in [0.1, 0.15) is 0 Å². The Balaban J connectivity index is 2.39. The molecule has 0 radical (unpaired) electrons. The van der Waals surface area contributed by atoms with Crippen LogP contribution in [-0.2, 0) is 14.3 Å². The molecule has 0 aliphatic carbocycles. The first-order valence-corrected chi connectivity index (χ1v) is 6.55. The summed E-state index contributed by atoms with van der Waals surface area (Å²) < 4.78 is 10.1. The minimum atomic E-state index is -0.318. The lowest BCUT2D eigenvalue weighted by Crippen LogP contribution is -2.33. The minimum absolute atomic E-state index is 0.0754. The molecule has 1 rings (SSSR count). The average Bonchev–Trinajstić information content (AvgIpc) is 2.74. The summed E-state index contributed by atoms with van der Waals surface area (Å²) in [5.41, 5.74) is 0. The largest absolute Gasteiger partial charge is 0.497 e. The van der Waals surface area contributed by atoms with E-state index in [9.17, 15) is 9.59 Å². The molecule has 0 aromatic carbocycles. The fraction of sp³-hybridized carbons (Fsp3) is 0.333. The molecule has 0 spiro atoms. The van der Waals surface area contributed by atoms with E-state index in [1.807, 2.05) is 0 Å². The van der Waals surface area contributed by atoms with Crippen molar-refractivity contribution in [2.24, 2.45) is 0 Å².